The molecule has 1 saturated carbocycles. The third-order valence-electron chi connectivity index (χ3n) is 5.01. The largest absolute Gasteiger partial charge is 0.496 e. The predicted octanol–water partition coefficient (Wildman–Crippen LogP) is 2.35. The summed E-state index contributed by atoms with van der Waals surface area (Å²) in [6.07, 6.45) is 5.27. The minimum Gasteiger partial charge on any atom is -0.496 e. The van der Waals surface area contributed by atoms with Crippen molar-refractivity contribution in [2.75, 3.05) is 20.2 Å². The summed E-state index contributed by atoms with van der Waals surface area (Å²) >= 11 is 0. The fraction of sp³-hybridized carbons (Fsp3) is 0.579. The molecule has 1 heterocycles. The van der Waals surface area contributed by atoms with Crippen molar-refractivity contribution in [1.82, 2.24) is 10.2 Å². The van der Waals surface area contributed by atoms with Gasteiger partial charge in [0.1, 0.15) is 5.75 Å². The van der Waals surface area contributed by atoms with Crippen LogP contribution in [0.3, 0.4) is 0 Å². The van der Waals surface area contributed by atoms with Crippen LogP contribution in [-0.2, 0) is 16.1 Å². The van der Waals surface area contributed by atoms with E-state index in [0.29, 0.717) is 13.0 Å². The molecule has 0 aromatic heterocycles. The molecule has 5 heteroatoms. The van der Waals surface area contributed by atoms with Crippen molar-refractivity contribution in [3.8, 4) is 5.75 Å². The van der Waals surface area contributed by atoms with E-state index in [1.807, 2.05) is 29.2 Å². The van der Waals surface area contributed by atoms with Crippen LogP contribution < -0.4 is 10.1 Å². The van der Waals surface area contributed by atoms with E-state index in [0.717, 1.165) is 37.2 Å². The SMILES string of the molecule is COc1ccccc1CNC(=O)C1CC1C(=O)N1CCCCCC1. The summed E-state index contributed by atoms with van der Waals surface area (Å²) in [5.41, 5.74) is 0.949. The van der Waals surface area contributed by atoms with Crippen LogP contribution in [0.2, 0.25) is 0 Å². The molecule has 2 unspecified atom stereocenters. The van der Waals surface area contributed by atoms with Gasteiger partial charge in [-0.2, -0.15) is 0 Å². The Labute approximate surface area is 143 Å². The molecule has 1 aliphatic carbocycles. The molecule has 2 aliphatic rings. The quantitative estimate of drug-likeness (QED) is 0.901. The summed E-state index contributed by atoms with van der Waals surface area (Å²) < 4.78 is 5.29. The summed E-state index contributed by atoms with van der Waals surface area (Å²) in [5.74, 6) is 0.658. The zero-order chi connectivity index (χ0) is 16.9. The van der Waals surface area contributed by atoms with Gasteiger partial charge in [-0.05, 0) is 25.3 Å². The molecule has 0 radical (unpaired) electrons. The van der Waals surface area contributed by atoms with Crippen LogP contribution in [0.5, 0.6) is 5.75 Å². The van der Waals surface area contributed by atoms with Gasteiger partial charge < -0.3 is 15.0 Å². The summed E-state index contributed by atoms with van der Waals surface area (Å²) in [6, 6.07) is 7.64. The Hall–Kier alpha value is -2.04. The monoisotopic (exact) mass is 330 g/mol. The third kappa shape index (κ3) is 3.89. The molecule has 24 heavy (non-hydrogen) atoms. The third-order valence-corrected chi connectivity index (χ3v) is 5.01. The summed E-state index contributed by atoms with van der Waals surface area (Å²) in [4.78, 5) is 26.8. The van der Waals surface area contributed by atoms with Gasteiger partial charge in [0.25, 0.3) is 0 Å². The zero-order valence-corrected chi connectivity index (χ0v) is 14.3. The molecule has 1 aromatic rings. The molecule has 1 aliphatic heterocycles. The highest BCUT2D eigenvalue weighted by atomic mass is 16.5. The number of methoxy groups -OCH3 is 1. The van der Waals surface area contributed by atoms with Gasteiger partial charge in [0.2, 0.25) is 11.8 Å². The van der Waals surface area contributed by atoms with E-state index in [1.165, 1.54) is 12.8 Å². The van der Waals surface area contributed by atoms with Crippen molar-refractivity contribution in [2.24, 2.45) is 11.8 Å². The van der Waals surface area contributed by atoms with Gasteiger partial charge in [0, 0.05) is 25.2 Å². The number of ether oxygens (including phenoxy) is 1. The molecule has 1 aromatic carbocycles. The molecule has 2 amide bonds. The highest BCUT2D eigenvalue weighted by Gasteiger charge is 2.49. The van der Waals surface area contributed by atoms with Gasteiger partial charge in [-0.25, -0.2) is 0 Å². The maximum Gasteiger partial charge on any atom is 0.226 e. The van der Waals surface area contributed by atoms with Crippen LogP contribution in [-0.4, -0.2) is 36.9 Å². The topological polar surface area (TPSA) is 58.6 Å². The number of hydrogen-bond donors (Lipinski definition) is 1. The molecule has 5 nitrogen and oxygen atoms in total. The Kier molecular flexibility index (Phi) is 5.38. The molecule has 1 N–H and O–H groups in total. The van der Waals surface area contributed by atoms with Crippen LogP contribution in [0, 0.1) is 11.8 Å². The van der Waals surface area contributed by atoms with E-state index in [2.05, 4.69) is 5.32 Å². The molecule has 1 saturated heterocycles. The second-order valence-corrected chi connectivity index (χ2v) is 6.72. The normalized spacial score (nSPS) is 23.3. The molecule has 2 atom stereocenters. The summed E-state index contributed by atoms with van der Waals surface area (Å²) in [6.45, 7) is 2.14. The average molecular weight is 330 g/mol. The number of hydrogen-bond acceptors (Lipinski definition) is 3. The number of nitrogens with one attached hydrogen (secondary N) is 1. The van der Waals surface area contributed by atoms with E-state index in [-0.39, 0.29) is 23.7 Å². The van der Waals surface area contributed by atoms with Crippen molar-refractivity contribution in [1.29, 1.82) is 0 Å². The van der Waals surface area contributed by atoms with E-state index < -0.39 is 0 Å². The maximum atomic E-state index is 12.5. The first-order valence-electron chi connectivity index (χ1n) is 8.89. The van der Waals surface area contributed by atoms with Crippen molar-refractivity contribution in [3.63, 3.8) is 0 Å². The average Bonchev–Trinajstić information content (AvgIpc) is 3.43. The lowest BCUT2D eigenvalue weighted by Gasteiger charge is -2.20. The van der Waals surface area contributed by atoms with Crippen molar-refractivity contribution in [3.05, 3.63) is 29.8 Å². The van der Waals surface area contributed by atoms with Crippen LogP contribution in [0.15, 0.2) is 24.3 Å². The van der Waals surface area contributed by atoms with Gasteiger partial charge in [0.15, 0.2) is 0 Å². The van der Waals surface area contributed by atoms with E-state index in [9.17, 15) is 9.59 Å². The lowest BCUT2D eigenvalue weighted by molar-refractivity contribution is -0.134. The number of carbonyl (C=O) groups is 2. The summed E-state index contributed by atoms with van der Waals surface area (Å²) in [7, 11) is 1.62. The first kappa shape index (κ1) is 16.8. The van der Waals surface area contributed by atoms with Crippen LogP contribution in [0.4, 0.5) is 0 Å². The molecular weight excluding hydrogens is 304 g/mol. The van der Waals surface area contributed by atoms with E-state index in [4.69, 9.17) is 4.74 Å². The van der Waals surface area contributed by atoms with Gasteiger partial charge in [0.05, 0.1) is 18.9 Å². The first-order valence-corrected chi connectivity index (χ1v) is 8.89. The second kappa shape index (κ2) is 7.69. The summed E-state index contributed by atoms with van der Waals surface area (Å²) in [5, 5.41) is 2.95. The minimum absolute atomic E-state index is 0.0194. The minimum atomic E-state index is -0.157. The van der Waals surface area contributed by atoms with Gasteiger partial charge >= 0.3 is 0 Å². The Bertz CT molecular complexity index is 594. The molecule has 3 rings (SSSR count). The van der Waals surface area contributed by atoms with Crippen molar-refractivity contribution >= 4 is 11.8 Å². The van der Waals surface area contributed by atoms with Gasteiger partial charge in [-0.3, -0.25) is 9.59 Å². The molecule has 0 bridgehead atoms. The fourth-order valence-electron chi connectivity index (χ4n) is 3.45. The molecule has 130 valence electrons. The Morgan fingerprint density at radius 2 is 1.83 bits per heavy atom. The lowest BCUT2D eigenvalue weighted by atomic mass is 10.2. The predicted molar refractivity (Wildman–Crippen MR) is 91.5 cm³/mol. The second-order valence-electron chi connectivity index (χ2n) is 6.72. The van der Waals surface area contributed by atoms with Gasteiger partial charge in [-0.1, -0.05) is 31.0 Å². The Morgan fingerprint density at radius 1 is 1.12 bits per heavy atom. The maximum absolute atomic E-state index is 12.5. The number of carbonyl (C=O) groups excluding carboxylic acids is 2. The van der Waals surface area contributed by atoms with Crippen LogP contribution in [0.1, 0.15) is 37.7 Å². The van der Waals surface area contributed by atoms with Crippen LogP contribution >= 0.6 is 0 Å². The smallest absolute Gasteiger partial charge is 0.226 e. The first-order chi connectivity index (χ1) is 11.7. The fourth-order valence-corrected chi connectivity index (χ4v) is 3.45. The Morgan fingerprint density at radius 3 is 2.54 bits per heavy atom. The molecule has 0 spiro atoms. The standard InChI is InChI=1S/C19H26N2O3/c1-24-17-9-5-4-8-14(17)13-20-18(22)15-12-16(15)19(23)21-10-6-2-3-7-11-21/h4-5,8-9,15-16H,2-3,6-7,10-13H2,1H3,(H,20,22). The highest BCUT2D eigenvalue weighted by Crippen LogP contribution is 2.40. The number of rotatable bonds is 5. The number of likely N-dealkylation sites (tertiary alicyclic amines) is 1. The van der Waals surface area contributed by atoms with Crippen LogP contribution in [0.25, 0.3) is 0 Å². The Balaban J connectivity index is 1.49. The zero-order valence-electron chi connectivity index (χ0n) is 14.3. The number of nitrogens with zero attached hydrogens (tertiary/aromatic N) is 1. The number of amides is 2. The molecule has 2 fully saturated rings. The lowest BCUT2D eigenvalue weighted by Crippen LogP contribution is -2.35. The van der Waals surface area contributed by atoms with E-state index >= 15 is 0 Å². The van der Waals surface area contributed by atoms with Crippen molar-refractivity contribution in [2.45, 2.75) is 38.6 Å². The number of para-hydroxylation sites is 1. The van der Waals surface area contributed by atoms with Crippen molar-refractivity contribution < 1.29 is 14.3 Å². The molecular formula is C19H26N2O3. The van der Waals surface area contributed by atoms with E-state index in [1.54, 1.807) is 7.11 Å². The number of benzene rings is 1. The van der Waals surface area contributed by atoms with Gasteiger partial charge in [-0.15, -0.1) is 0 Å². The highest BCUT2D eigenvalue weighted by molar-refractivity contribution is 5.92.